The van der Waals surface area contributed by atoms with E-state index in [1.54, 1.807) is 36.4 Å². The highest BCUT2D eigenvalue weighted by Gasteiger charge is 2.36. The number of nitrogens with zero attached hydrogens (tertiary/aromatic N) is 1. The number of halogens is 1. The molecule has 1 aliphatic heterocycles. The predicted octanol–water partition coefficient (Wildman–Crippen LogP) is 4.50. The minimum Gasteiger partial charge on any atom is -0.493 e. The average Bonchev–Trinajstić information content (AvgIpc) is 2.73. The molecule has 1 N–H and O–H groups in total. The molecular formula is C23H23ClN2O5. The lowest BCUT2D eigenvalue weighted by molar-refractivity contribution is -0.122. The molecule has 0 radical (unpaired) electrons. The van der Waals surface area contributed by atoms with E-state index in [2.05, 4.69) is 5.32 Å². The number of nitrogens with one attached hydrogen (secondary N) is 1. The van der Waals surface area contributed by atoms with Crippen LogP contribution >= 0.6 is 11.6 Å². The molecule has 2 aromatic carbocycles. The third kappa shape index (κ3) is 4.72. The van der Waals surface area contributed by atoms with Gasteiger partial charge in [0.1, 0.15) is 5.57 Å². The molecule has 1 unspecified atom stereocenters. The quantitative estimate of drug-likeness (QED) is 0.526. The fourth-order valence-electron chi connectivity index (χ4n) is 2.97. The summed E-state index contributed by atoms with van der Waals surface area (Å²) >= 11 is 6.38. The fourth-order valence-corrected chi connectivity index (χ4v) is 3.24. The third-order valence-electron chi connectivity index (χ3n) is 4.85. The summed E-state index contributed by atoms with van der Waals surface area (Å²) in [6, 6.07) is 9.21. The van der Waals surface area contributed by atoms with Crippen LogP contribution < -0.4 is 19.7 Å². The lowest BCUT2D eigenvalue weighted by Crippen LogP contribution is -2.54. The third-order valence-corrected chi connectivity index (χ3v) is 5.13. The van der Waals surface area contributed by atoms with E-state index < -0.39 is 17.8 Å². The molecule has 0 saturated carbocycles. The molecule has 0 aliphatic carbocycles. The van der Waals surface area contributed by atoms with Gasteiger partial charge in [0.2, 0.25) is 0 Å². The van der Waals surface area contributed by atoms with Gasteiger partial charge >= 0.3 is 6.03 Å². The van der Waals surface area contributed by atoms with Crippen molar-refractivity contribution in [1.29, 1.82) is 0 Å². The summed E-state index contributed by atoms with van der Waals surface area (Å²) < 4.78 is 11.2. The van der Waals surface area contributed by atoms with E-state index in [0.717, 1.165) is 16.9 Å². The van der Waals surface area contributed by atoms with E-state index in [0.29, 0.717) is 22.7 Å². The van der Waals surface area contributed by atoms with Crippen molar-refractivity contribution in [3.05, 3.63) is 58.1 Å². The summed E-state index contributed by atoms with van der Waals surface area (Å²) in [5.41, 5.74) is 1.59. The lowest BCUT2D eigenvalue weighted by atomic mass is 10.1. The summed E-state index contributed by atoms with van der Waals surface area (Å²) in [5, 5.41) is 2.48. The highest BCUT2D eigenvalue weighted by atomic mass is 35.5. The van der Waals surface area contributed by atoms with Crippen molar-refractivity contribution in [3.63, 3.8) is 0 Å². The van der Waals surface area contributed by atoms with Gasteiger partial charge in [0.15, 0.2) is 11.5 Å². The molecule has 1 saturated heterocycles. The van der Waals surface area contributed by atoms with Crippen LogP contribution in [-0.2, 0) is 9.59 Å². The van der Waals surface area contributed by atoms with Gasteiger partial charge in [-0.05, 0) is 56.2 Å². The number of carbonyl (C=O) groups excluding carboxylic acids is 3. The number of methoxy groups -OCH3 is 1. The first-order valence-corrected chi connectivity index (χ1v) is 10.1. The molecule has 7 nitrogen and oxygen atoms in total. The normalized spacial score (nSPS) is 16.4. The van der Waals surface area contributed by atoms with Crippen molar-refractivity contribution in [1.82, 2.24) is 5.32 Å². The number of aryl methyl sites for hydroxylation is 1. The van der Waals surface area contributed by atoms with Gasteiger partial charge in [0.25, 0.3) is 11.8 Å². The molecule has 8 heteroatoms. The minimum absolute atomic E-state index is 0.0737. The Morgan fingerprint density at radius 2 is 1.84 bits per heavy atom. The van der Waals surface area contributed by atoms with Crippen molar-refractivity contribution in [2.45, 2.75) is 33.3 Å². The zero-order valence-electron chi connectivity index (χ0n) is 17.7. The lowest BCUT2D eigenvalue weighted by Gasteiger charge is -2.26. The van der Waals surface area contributed by atoms with Crippen LogP contribution in [0.4, 0.5) is 10.5 Å². The molecule has 162 valence electrons. The largest absolute Gasteiger partial charge is 0.493 e. The number of benzene rings is 2. The van der Waals surface area contributed by atoms with Crippen molar-refractivity contribution in [2.24, 2.45) is 0 Å². The predicted molar refractivity (Wildman–Crippen MR) is 119 cm³/mol. The zero-order chi connectivity index (χ0) is 22.7. The summed E-state index contributed by atoms with van der Waals surface area (Å²) in [5.74, 6) is -0.757. The van der Waals surface area contributed by atoms with E-state index in [1.807, 2.05) is 20.8 Å². The monoisotopic (exact) mass is 442 g/mol. The van der Waals surface area contributed by atoms with Crippen LogP contribution in [0.15, 0.2) is 42.0 Å². The molecule has 1 heterocycles. The second-order valence-corrected chi connectivity index (χ2v) is 7.57. The van der Waals surface area contributed by atoms with Gasteiger partial charge in [-0.15, -0.1) is 0 Å². The Hall–Kier alpha value is -3.32. The molecule has 4 amide bonds. The Bertz CT molecular complexity index is 1060. The number of barbiturate groups is 1. The molecule has 0 bridgehead atoms. The minimum atomic E-state index is -0.802. The summed E-state index contributed by atoms with van der Waals surface area (Å²) in [6.07, 6.45) is 2.07. The Kier molecular flexibility index (Phi) is 6.65. The second kappa shape index (κ2) is 9.22. The Morgan fingerprint density at radius 3 is 2.45 bits per heavy atom. The van der Waals surface area contributed by atoms with Crippen molar-refractivity contribution < 1.29 is 23.9 Å². The number of hydrogen-bond acceptors (Lipinski definition) is 5. The summed E-state index contributed by atoms with van der Waals surface area (Å²) in [7, 11) is 1.47. The van der Waals surface area contributed by atoms with Gasteiger partial charge in [0.05, 0.1) is 23.9 Å². The van der Waals surface area contributed by atoms with Gasteiger partial charge in [0, 0.05) is 0 Å². The first kappa shape index (κ1) is 22.4. The van der Waals surface area contributed by atoms with E-state index in [1.165, 1.54) is 13.2 Å². The molecule has 0 spiro atoms. The number of anilines is 1. The maximum Gasteiger partial charge on any atom is 0.335 e. The maximum atomic E-state index is 13.0. The number of carbonyl (C=O) groups is 3. The summed E-state index contributed by atoms with van der Waals surface area (Å²) in [4.78, 5) is 38.7. The zero-order valence-corrected chi connectivity index (χ0v) is 18.4. The van der Waals surface area contributed by atoms with Gasteiger partial charge in [-0.25, -0.2) is 9.69 Å². The first-order valence-electron chi connectivity index (χ1n) is 9.77. The summed E-state index contributed by atoms with van der Waals surface area (Å²) in [6.45, 7) is 5.79. The van der Waals surface area contributed by atoms with Crippen LogP contribution in [0.25, 0.3) is 6.08 Å². The molecular weight excluding hydrogens is 420 g/mol. The maximum absolute atomic E-state index is 13.0. The number of amides is 4. The van der Waals surface area contributed by atoms with E-state index >= 15 is 0 Å². The number of rotatable bonds is 6. The van der Waals surface area contributed by atoms with Crippen LogP contribution in [0.5, 0.6) is 11.5 Å². The van der Waals surface area contributed by atoms with E-state index in [-0.39, 0.29) is 16.7 Å². The SMILES string of the molecule is CCC(C)Oc1c(Cl)cc(/C=C2\C(=O)NC(=O)N(c3ccc(C)cc3)C2=O)cc1OC. The fraction of sp³-hybridized carbons (Fsp3) is 0.261. The van der Waals surface area contributed by atoms with Crippen LogP contribution in [0.3, 0.4) is 0 Å². The second-order valence-electron chi connectivity index (χ2n) is 7.16. The molecule has 1 atom stereocenters. The Morgan fingerprint density at radius 1 is 1.16 bits per heavy atom. The molecule has 3 rings (SSSR count). The highest BCUT2D eigenvalue weighted by molar-refractivity contribution is 6.39. The highest BCUT2D eigenvalue weighted by Crippen LogP contribution is 2.38. The van der Waals surface area contributed by atoms with Crippen molar-refractivity contribution >= 4 is 41.2 Å². The van der Waals surface area contributed by atoms with Crippen LogP contribution in [0, 0.1) is 6.92 Å². The smallest absolute Gasteiger partial charge is 0.335 e. The average molecular weight is 443 g/mol. The number of urea groups is 1. The number of imide groups is 2. The van der Waals surface area contributed by atoms with Gasteiger partial charge in [-0.2, -0.15) is 0 Å². The topological polar surface area (TPSA) is 84.9 Å². The molecule has 2 aromatic rings. The van der Waals surface area contributed by atoms with Crippen LogP contribution in [0.2, 0.25) is 5.02 Å². The van der Waals surface area contributed by atoms with Gasteiger partial charge in [-0.1, -0.05) is 36.2 Å². The first-order chi connectivity index (χ1) is 14.7. The van der Waals surface area contributed by atoms with Crippen LogP contribution in [-0.4, -0.2) is 31.1 Å². The van der Waals surface area contributed by atoms with Crippen molar-refractivity contribution in [3.8, 4) is 11.5 Å². The van der Waals surface area contributed by atoms with Crippen LogP contribution in [0.1, 0.15) is 31.4 Å². The van der Waals surface area contributed by atoms with Crippen molar-refractivity contribution in [2.75, 3.05) is 12.0 Å². The molecule has 0 aromatic heterocycles. The number of ether oxygens (including phenoxy) is 2. The molecule has 31 heavy (non-hydrogen) atoms. The Balaban J connectivity index is 2.00. The Labute approximate surface area is 185 Å². The van der Waals surface area contributed by atoms with Gasteiger partial charge in [-0.3, -0.25) is 14.9 Å². The van der Waals surface area contributed by atoms with Gasteiger partial charge < -0.3 is 9.47 Å². The van der Waals surface area contributed by atoms with E-state index in [4.69, 9.17) is 21.1 Å². The molecule has 1 aliphatic rings. The molecule has 1 fully saturated rings. The number of hydrogen-bond donors (Lipinski definition) is 1. The van der Waals surface area contributed by atoms with E-state index in [9.17, 15) is 14.4 Å². The standard InChI is InChI=1S/C23H23ClN2O5/c1-5-14(3)31-20-18(24)11-15(12-19(20)30-4)10-17-21(27)25-23(29)26(22(17)28)16-8-6-13(2)7-9-16/h6-12,14H,5H2,1-4H3,(H,25,27,29)/b17-10+.